The molecule has 3 aromatic rings. The van der Waals surface area contributed by atoms with Crippen LogP contribution in [0.15, 0.2) is 34.7 Å². The third-order valence-electron chi connectivity index (χ3n) is 4.68. The second kappa shape index (κ2) is 7.09. The summed E-state index contributed by atoms with van der Waals surface area (Å²) in [5, 5.41) is 1.09. The average Bonchev–Trinajstić information content (AvgIpc) is 3.25. The number of hydrogen-bond donors (Lipinski definition) is 0. The van der Waals surface area contributed by atoms with Crippen LogP contribution in [0.4, 0.5) is 5.13 Å². The summed E-state index contributed by atoms with van der Waals surface area (Å²) in [7, 11) is 1.38. The van der Waals surface area contributed by atoms with Gasteiger partial charge in [-0.3, -0.25) is 4.90 Å². The lowest BCUT2D eigenvalue weighted by Crippen LogP contribution is -2.45. The molecule has 3 heterocycles. The van der Waals surface area contributed by atoms with Gasteiger partial charge in [0.15, 0.2) is 5.13 Å². The maximum absolute atomic E-state index is 11.7. The van der Waals surface area contributed by atoms with Gasteiger partial charge >= 0.3 is 5.97 Å². The van der Waals surface area contributed by atoms with Gasteiger partial charge in [-0.15, -0.1) is 0 Å². The van der Waals surface area contributed by atoms with Gasteiger partial charge in [0.25, 0.3) is 0 Å². The van der Waals surface area contributed by atoms with Crippen LogP contribution in [0, 0.1) is 6.92 Å². The van der Waals surface area contributed by atoms with E-state index in [4.69, 9.17) is 14.1 Å². The minimum Gasteiger partial charge on any atom is -0.465 e. The number of aromatic nitrogens is 1. The van der Waals surface area contributed by atoms with Crippen LogP contribution < -0.4 is 4.90 Å². The summed E-state index contributed by atoms with van der Waals surface area (Å²) in [6.07, 6.45) is 0. The third kappa shape index (κ3) is 3.32. The highest BCUT2D eigenvalue weighted by molar-refractivity contribution is 7.22. The predicted octanol–water partition coefficient (Wildman–Crippen LogP) is 3.31. The standard InChI is InChI=1S/C19H21N3O3S/c1-13-15(18(23)24-2)11-14(25-13)12-21-7-9-22(10-8-21)19-20-16-5-3-4-6-17(16)26-19/h3-6,11H,7-10,12H2,1-2H3. The highest BCUT2D eigenvalue weighted by Crippen LogP contribution is 2.29. The number of fused-ring (bicyclic) bond motifs is 1. The number of piperazine rings is 1. The van der Waals surface area contributed by atoms with Crippen LogP contribution in [0.1, 0.15) is 21.9 Å². The number of anilines is 1. The molecule has 7 heteroatoms. The topological polar surface area (TPSA) is 58.8 Å². The lowest BCUT2D eigenvalue weighted by Gasteiger charge is -2.34. The Balaban J connectivity index is 1.38. The smallest absolute Gasteiger partial charge is 0.341 e. The Labute approximate surface area is 156 Å². The monoisotopic (exact) mass is 371 g/mol. The molecule has 1 fully saturated rings. The van der Waals surface area contributed by atoms with Gasteiger partial charge in [-0.2, -0.15) is 0 Å². The lowest BCUT2D eigenvalue weighted by atomic mass is 10.2. The molecule has 4 rings (SSSR count). The second-order valence-corrected chi connectivity index (χ2v) is 7.41. The Morgan fingerprint density at radius 1 is 1.27 bits per heavy atom. The summed E-state index contributed by atoms with van der Waals surface area (Å²) in [5.41, 5.74) is 1.58. The van der Waals surface area contributed by atoms with E-state index < -0.39 is 0 Å². The minimum atomic E-state index is -0.349. The maximum atomic E-state index is 11.7. The summed E-state index contributed by atoms with van der Waals surface area (Å²) in [6.45, 7) is 6.23. The Kier molecular flexibility index (Phi) is 4.65. The van der Waals surface area contributed by atoms with Gasteiger partial charge in [-0.05, 0) is 25.1 Å². The van der Waals surface area contributed by atoms with Crippen molar-refractivity contribution in [1.82, 2.24) is 9.88 Å². The van der Waals surface area contributed by atoms with Crippen LogP contribution in [0.3, 0.4) is 0 Å². The van der Waals surface area contributed by atoms with Crippen molar-refractivity contribution in [2.75, 3.05) is 38.2 Å². The molecule has 0 atom stereocenters. The number of carbonyl (C=O) groups is 1. The van der Waals surface area contributed by atoms with Crippen molar-refractivity contribution in [2.45, 2.75) is 13.5 Å². The van der Waals surface area contributed by atoms with Crippen molar-refractivity contribution in [2.24, 2.45) is 0 Å². The van der Waals surface area contributed by atoms with Crippen molar-refractivity contribution in [1.29, 1.82) is 0 Å². The molecule has 0 radical (unpaired) electrons. The van der Waals surface area contributed by atoms with Gasteiger partial charge in [0.2, 0.25) is 0 Å². The summed E-state index contributed by atoms with van der Waals surface area (Å²) >= 11 is 1.75. The molecule has 1 aromatic carbocycles. The number of para-hydroxylation sites is 1. The number of benzene rings is 1. The van der Waals surface area contributed by atoms with E-state index in [9.17, 15) is 4.79 Å². The van der Waals surface area contributed by atoms with Crippen molar-refractivity contribution >= 4 is 32.7 Å². The molecule has 1 aliphatic rings. The molecule has 6 nitrogen and oxygen atoms in total. The summed E-state index contributed by atoms with van der Waals surface area (Å²) in [5.74, 6) is 1.06. The van der Waals surface area contributed by atoms with Crippen LogP contribution in [0.5, 0.6) is 0 Å². The number of aryl methyl sites for hydroxylation is 1. The Morgan fingerprint density at radius 3 is 2.77 bits per heavy atom. The first-order valence-electron chi connectivity index (χ1n) is 8.64. The molecule has 0 amide bonds. The number of rotatable bonds is 4. The number of ether oxygens (including phenoxy) is 1. The lowest BCUT2D eigenvalue weighted by molar-refractivity contribution is 0.0599. The molecule has 0 aliphatic carbocycles. The summed E-state index contributed by atoms with van der Waals surface area (Å²) in [4.78, 5) is 21.1. The van der Waals surface area contributed by atoms with E-state index >= 15 is 0 Å². The highest BCUT2D eigenvalue weighted by Gasteiger charge is 2.22. The highest BCUT2D eigenvalue weighted by atomic mass is 32.1. The van der Waals surface area contributed by atoms with Gasteiger partial charge in [0.1, 0.15) is 17.1 Å². The number of thiazole rings is 1. The molecule has 136 valence electrons. The van der Waals surface area contributed by atoms with E-state index in [1.54, 1.807) is 24.3 Å². The van der Waals surface area contributed by atoms with E-state index in [0.29, 0.717) is 17.9 Å². The fourth-order valence-corrected chi connectivity index (χ4v) is 4.26. The number of methoxy groups -OCH3 is 1. The average molecular weight is 371 g/mol. The number of carbonyl (C=O) groups excluding carboxylic acids is 1. The van der Waals surface area contributed by atoms with Gasteiger partial charge < -0.3 is 14.1 Å². The number of furan rings is 1. The Hall–Kier alpha value is -2.38. The molecular formula is C19H21N3O3S. The zero-order valence-corrected chi connectivity index (χ0v) is 15.7. The van der Waals surface area contributed by atoms with Crippen LogP contribution in [0.2, 0.25) is 0 Å². The first kappa shape index (κ1) is 17.1. The number of hydrogen-bond acceptors (Lipinski definition) is 7. The fourth-order valence-electron chi connectivity index (χ4n) is 3.25. The van der Waals surface area contributed by atoms with E-state index in [-0.39, 0.29) is 5.97 Å². The number of esters is 1. The molecule has 0 N–H and O–H groups in total. The maximum Gasteiger partial charge on any atom is 0.341 e. The van der Waals surface area contributed by atoms with Crippen molar-refractivity contribution in [3.63, 3.8) is 0 Å². The van der Waals surface area contributed by atoms with Gasteiger partial charge in [0, 0.05) is 26.2 Å². The molecule has 1 aliphatic heterocycles. The quantitative estimate of drug-likeness (QED) is 0.656. The zero-order chi connectivity index (χ0) is 18.1. The molecule has 0 saturated carbocycles. The molecule has 1 saturated heterocycles. The normalized spacial score (nSPS) is 15.5. The van der Waals surface area contributed by atoms with E-state index in [2.05, 4.69) is 28.0 Å². The molecule has 0 spiro atoms. The molecule has 0 bridgehead atoms. The summed E-state index contributed by atoms with van der Waals surface area (Å²) in [6, 6.07) is 10.0. The van der Waals surface area contributed by atoms with E-state index in [1.807, 2.05) is 6.07 Å². The zero-order valence-electron chi connectivity index (χ0n) is 14.9. The third-order valence-corrected chi connectivity index (χ3v) is 5.78. The van der Waals surface area contributed by atoms with Gasteiger partial charge in [0.05, 0.1) is 23.9 Å². The van der Waals surface area contributed by atoms with Crippen LogP contribution >= 0.6 is 11.3 Å². The molecule has 0 unspecified atom stereocenters. The SMILES string of the molecule is COC(=O)c1cc(CN2CCN(c3nc4ccccc4s3)CC2)oc1C. The van der Waals surface area contributed by atoms with Crippen LogP contribution in [-0.4, -0.2) is 49.1 Å². The fraction of sp³-hybridized carbons (Fsp3) is 0.368. The first-order chi connectivity index (χ1) is 12.6. The second-order valence-electron chi connectivity index (χ2n) is 6.40. The van der Waals surface area contributed by atoms with Gasteiger partial charge in [-0.1, -0.05) is 23.5 Å². The molecule has 26 heavy (non-hydrogen) atoms. The largest absolute Gasteiger partial charge is 0.465 e. The number of nitrogens with zero attached hydrogens (tertiary/aromatic N) is 3. The van der Waals surface area contributed by atoms with E-state index in [0.717, 1.165) is 42.6 Å². The Morgan fingerprint density at radius 2 is 2.04 bits per heavy atom. The van der Waals surface area contributed by atoms with Crippen LogP contribution in [0.25, 0.3) is 10.2 Å². The van der Waals surface area contributed by atoms with Crippen LogP contribution in [-0.2, 0) is 11.3 Å². The van der Waals surface area contributed by atoms with Crippen molar-refractivity contribution in [3.8, 4) is 0 Å². The van der Waals surface area contributed by atoms with Crippen molar-refractivity contribution < 1.29 is 13.9 Å². The van der Waals surface area contributed by atoms with E-state index in [1.165, 1.54) is 11.8 Å². The minimum absolute atomic E-state index is 0.349. The molecular weight excluding hydrogens is 350 g/mol. The summed E-state index contributed by atoms with van der Waals surface area (Å²) < 4.78 is 11.7. The van der Waals surface area contributed by atoms with Gasteiger partial charge in [-0.25, -0.2) is 9.78 Å². The molecule has 2 aromatic heterocycles. The Bertz CT molecular complexity index is 892. The van der Waals surface area contributed by atoms with Crippen molar-refractivity contribution in [3.05, 3.63) is 47.4 Å². The predicted molar refractivity (Wildman–Crippen MR) is 102 cm³/mol. The first-order valence-corrected chi connectivity index (χ1v) is 9.46.